The van der Waals surface area contributed by atoms with Crippen molar-refractivity contribution in [2.24, 2.45) is 0 Å². The highest BCUT2D eigenvalue weighted by molar-refractivity contribution is 7.93. The van der Waals surface area contributed by atoms with Crippen LogP contribution in [0.3, 0.4) is 0 Å². The van der Waals surface area contributed by atoms with E-state index in [9.17, 15) is 8.42 Å². The Balaban J connectivity index is 2.66. The standard InChI is InChI=1S/C8H14O3S2/c1-3-11-6-8(2)7-12(9)4-5-13(8)10/h3H,1,4-7H2,2H3. The Labute approximate surface area is 83.5 Å². The van der Waals surface area contributed by atoms with Crippen molar-refractivity contribution in [1.82, 2.24) is 0 Å². The van der Waals surface area contributed by atoms with Gasteiger partial charge >= 0.3 is 0 Å². The van der Waals surface area contributed by atoms with Crippen LogP contribution in [0.15, 0.2) is 12.8 Å². The lowest BCUT2D eigenvalue weighted by Crippen LogP contribution is -2.47. The summed E-state index contributed by atoms with van der Waals surface area (Å²) in [6.45, 7) is 5.62. The summed E-state index contributed by atoms with van der Waals surface area (Å²) in [7, 11) is -1.77. The quantitative estimate of drug-likeness (QED) is 0.650. The minimum Gasteiger partial charge on any atom is -0.500 e. The van der Waals surface area contributed by atoms with Crippen molar-refractivity contribution in [3.05, 3.63) is 12.8 Å². The molecular weight excluding hydrogens is 208 g/mol. The summed E-state index contributed by atoms with van der Waals surface area (Å²) in [6.07, 6.45) is 1.33. The van der Waals surface area contributed by atoms with E-state index in [-0.39, 0.29) is 0 Å². The van der Waals surface area contributed by atoms with Gasteiger partial charge in [-0.1, -0.05) is 6.58 Å². The molecular formula is C8H14O3S2. The van der Waals surface area contributed by atoms with Crippen molar-refractivity contribution in [1.29, 1.82) is 0 Å². The highest BCUT2D eigenvalue weighted by Gasteiger charge is 2.37. The summed E-state index contributed by atoms with van der Waals surface area (Å²) in [5.41, 5.74) is 0. The van der Waals surface area contributed by atoms with Gasteiger partial charge in [0, 0.05) is 38.9 Å². The highest BCUT2D eigenvalue weighted by atomic mass is 32.2. The molecule has 5 heteroatoms. The maximum Gasteiger partial charge on any atom is 0.105 e. The lowest BCUT2D eigenvalue weighted by molar-refractivity contribution is 0.225. The maximum atomic E-state index is 11.6. The molecule has 1 heterocycles. The zero-order valence-electron chi connectivity index (χ0n) is 7.65. The molecule has 0 N–H and O–H groups in total. The fourth-order valence-electron chi connectivity index (χ4n) is 1.24. The Morgan fingerprint density at radius 2 is 2.23 bits per heavy atom. The van der Waals surface area contributed by atoms with Crippen LogP contribution in [0.1, 0.15) is 6.92 Å². The van der Waals surface area contributed by atoms with Crippen LogP contribution >= 0.6 is 0 Å². The molecule has 0 aromatic carbocycles. The van der Waals surface area contributed by atoms with Crippen LogP contribution in [0, 0.1) is 0 Å². The Hall–Kier alpha value is -0.160. The van der Waals surface area contributed by atoms with Crippen LogP contribution in [0.5, 0.6) is 0 Å². The van der Waals surface area contributed by atoms with E-state index < -0.39 is 26.3 Å². The van der Waals surface area contributed by atoms with Gasteiger partial charge in [-0.3, -0.25) is 8.42 Å². The van der Waals surface area contributed by atoms with Crippen molar-refractivity contribution < 1.29 is 13.2 Å². The molecule has 1 rings (SSSR count). The molecule has 0 bridgehead atoms. The van der Waals surface area contributed by atoms with Crippen LogP contribution in [0.25, 0.3) is 0 Å². The third-order valence-electron chi connectivity index (χ3n) is 2.02. The predicted molar refractivity (Wildman–Crippen MR) is 55.4 cm³/mol. The highest BCUT2D eigenvalue weighted by Crippen LogP contribution is 2.21. The summed E-state index contributed by atoms with van der Waals surface area (Å²) in [6, 6.07) is 0. The smallest absolute Gasteiger partial charge is 0.105 e. The fourth-order valence-corrected chi connectivity index (χ4v) is 5.11. The average molecular weight is 222 g/mol. The van der Waals surface area contributed by atoms with E-state index >= 15 is 0 Å². The lowest BCUT2D eigenvalue weighted by atomic mass is 10.2. The van der Waals surface area contributed by atoms with Gasteiger partial charge in [-0.05, 0) is 6.92 Å². The summed E-state index contributed by atoms with van der Waals surface area (Å²) in [5.74, 6) is 1.54. The van der Waals surface area contributed by atoms with E-state index in [0.29, 0.717) is 23.9 Å². The van der Waals surface area contributed by atoms with Gasteiger partial charge in [0.05, 0.1) is 11.0 Å². The molecule has 1 aliphatic rings. The van der Waals surface area contributed by atoms with E-state index in [2.05, 4.69) is 6.58 Å². The van der Waals surface area contributed by atoms with Crippen molar-refractivity contribution >= 4 is 21.6 Å². The molecule has 76 valence electrons. The monoisotopic (exact) mass is 222 g/mol. The van der Waals surface area contributed by atoms with Gasteiger partial charge in [-0.2, -0.15) is 0 Å². The number of rotatable bonds is 3. The summed E-state index contributed by atoms with van der Waals surface area (Å²) in [4.78, 5) is 0. The van der Waals surface area contributed by atoms with Gasteiger partial charge in [0.15, 0.2) is 0 Å². The molecule has 13 heavy (non-hydrogen) atoms. The molecule has 0 saturated carbocycles. The van der Waals surface area contributed by atoms with E-state index in [1.165, 1.54) is 6.26 Å². The van der Waals surface area contributed by atoms with Crippen LogP contribution in [-0.4, -0.2) is 37.0 Å². The Morgan fingerprint density at radius 3 is 2.85 bits per heavy atom. The molecule has 3 unspecified atom stereocenters. The largest absolute Gasteiger partial charge is 0.500 e. The SMILES string of the molecule is C=COCC1(C)CS(=O)CCS1=O. The van der Waals surface area contributed by atoms with Crippen molar-refractivity contribution in [3.63, 3.8) is 0 Å². The predicted octanol–water partition coefficient (Wildman–Crippen LogP) is 0.416. The molecule has 3 atom stereocenters. The second kappa shape index (κ2) is 4.37. The Kier molecular flexibility index (Phi) is 3.67. The number of hydrogen-bond donors (Lipinski definition) is 0. The number of hydrogen-bond acceptors (Lipinski definition) is 3. The third kappa shape index (κ3) is 2.64. The molecule has 1 saturated heterocycles. The molecule has 0 aromatic heterocycles. The average Bonchev–Trinajstić information content (AvgIpc) is 2.09. The van der Waals surface area contributed by atoms with Crippen molar-refractivity contribution in [2.75, 3.05) is 23.9 Å². The van der Waals surface area contributed by atoms with Gasteiger partial charge in [-0.15, -0.1) is 0 Å². The first-order valence-electron chi connectivity index (χ1n) is 4.04. The van der Waals surface area contributed by atoms with Crippen LogP contribution < -0.4 is 0 Å². The minimum atomic E-state index is -0.932. The normalized spacial score (nSPS) is 39.8. The molecule has 0 amide bonds. The van der Waals surface area contributed by atoms with Gasteiger partial charge in [-0.25, -0.2) is 0 Å². The van der Waals surface area contributed by atoms with E-state index in [4.69, 9.17) is 4.74 Å². The first kappa shape index (κ1) is 10.9. The fraction of sp³-hybridized carbons (Fsp3) is 0.750. The van der Waals surface area contributed by atoms with Gasteiger partial charge in [0.1, 0.15) is 6.61 Å². The van der Waals surface area contributed by atoms with E-state index in [0.717, 1.165) is 0 Å². The second-order valence-electron chi connectivity index (χ2n) is 3.27. The van der Waals surface area contributed by atoms with Gasteiger partial charge < -0.3 is 4.74 Å². The molecule has 3 nitrogen and oxygen atoms in total. The zero-order valence-corrected chi connectivity index (χ0v) is 9.29. The van der Waals surface area contributed by atoms with Gasteiger partial charge in [0.2, 0.25) is 0 Å². The van der Waals surface area contributed by atoms with E-state index in [1.54, 1.807) is 0 Å². The number of ether oxygens (including phenoxy) is 1. The molecule has 0 radical (unpaired) electrons. The van der Waals surface area contributed by atoms with Crippen molar-refractivity contribution in [2.45, 2.75) is 11.7 Å². The first-order valence-corrected chi connectivity index (χ1v) is 6.85. The maximum absolute atomic E-state index is 11.6. The van der Waals surface area contributed by atoms with Gasteiger partial charge in [0.25, 0.3) is 0 Å². The summed E-state index contributed by atoms with van der Waals surface area (Å²) in [5, 5.41) is 0. The second-order valence-corrected chi connectivity index (χ2v) is 6.93. The first-order chi connectivity index (χ1) is 6.08. The van der Waals surface area contributed by atoms with Crippen molar-refractivity contribution in [3.8, 4) is 0 Å². The third-order valence-corrected chi connectivity index (χ3v) is 6.01. The Morgan fingerprint density at radius 1 is 1.54 bits per heavy atom. The van der Waals surface area contributed by atoms with Crippen LogP contribution in [0.2, 0.25) is 0 Å². The molecule has 0 aromatic rings. The zero-order chi connectivity index (χ0) is 9.90. The molecule has 0 aliphatic carbocycles. The lowest BCUT2D eigenvalue weighted by Gasteiger charge is -2.30. The Bertz CT molecular complexity index is 252. The van der Waals surface area contributed by atoms with E-state index in [1.807, 2.05) is 6.92 Å². The molecule has 1 fully saturated rings. The topological polar surface area (TPSA) is 43.4 Å². The summed E-state index contributed by atoms with van der Waals surface area (Å²) >= 11 is 0. The summed E-state index contributed by atoms with van der Waals surface area (Å²) < 4.78 is 27.5. The molecule has 1 aliphatic heterocycles. The molecule has 0 spiro atoms. The minimum absolute atomic E-state index is 0.342. The van der Waals surface area contributed by atoms with Crippen LogP contribution in [-0.2, 0) is 26.3 Å². The van der Waals surface area contributed by atoms with Crippen LogP contribution in [0.4, 0.5) is 0 Å².